The second kappa shape index (κ2) is 7.15. The molecule has 1 aromatic carbocycles. The van der Waals surface area contributed by atoms with E-state index in [1.807, 2.05) is 0 Å². The molecule has 3 N–H and O–H groups in total. The molecule has 1 aromatic rings. The second-order valence-electron chi connectivity index (χ2n) is 8.46. The number of hydrogen-bond donors (Lipinski definition) is 3. The summed E-state index contributed by atoms with van der Waals surface area (Å²) < 4.78 is 0. The lowest BCUT2D eigenvalue weighted by molar-refractivity contribution is 0.0180. The highest BCUT2D eigenvalue weighted by Crippen LogP contribution is 2.45. The van der Waals surface area contributed by atoms with Gasteiger partial charge in [0.25, 0.3) is 0 Å². The topological polar surface area (TPSA) is 44.3 Å². The van der Waals surface area contributed by atoms with Crippen molar-refractivity contribution in [3.8, 4) is 0 Å². The van der Waals surface area contributed by atoms with Gasteiger partial charge in [-0.15, -0.1) is 0 Å². The van der Waals surface area contributed by atoms with E-state index in [0.717, 1.165) is 12.8 Å². The minimum atomic E-state index is -0.0765. The van der Waals surface area contributed by atoms with E-state index in [0.29, 0.717) is 23.4 Å². The zero-order valence-corrected chi connectivity index (χ0v) is 14.7. The molecule has 1 heterocycles. The Bertz CT molecular complexity index is 510. The lowest BCUT2D eigenvalue weighted by atomic mass is 9.67. The van der Waals surface area contributed by atoms with Crippen molar-refractivity contribution in [2.75, 3.05) is 13.1 Å². The van der Waals surface area contributed by atoms with Crippen molar-refractivity contribution in [2.45, 2.75) is 69.6 Å². The van der Waals surface area contributed by atoms with Crippen LogP contribution in [-0.4, -0.2) is 30.3 Å². The fourth-order valence-corrected chi connectivity index (χ4v) is 5.17. The molecule has 1 aliphatic heterocycles. The van der Waals surface area contributed by atoms with Crippen molar-refractivity contribution in [3.63, 3.8) is 0 Å². The maximum Gasteiger partial charge on any atom is 0.0547 e. The van der Waals surface area contributed by atoms with Crippen LogP contribution in [0.1, 0.15) is 63.0 Å². The van der Waals surface area contributed by atoms with Crippen LogP contribution in [0, 0.1) is 11.3 Å². The minimum absolute atomic E-state index is 0.0765. The lowest BCUT2D eigenvalue weighted by Crippen LogP contribution is -2.47. The largest absolute Gasteiger partial charge is 0.393 e. The van der Waals surface area contributed by atoms with Gasteiger partial charge in [-0.3, -0.25) is 0 Å². The molecule has 132 valence electrons. The number of rotatable bonds is 4. The predicted octanol–water partition coefficient (Wildman–Crippen LogP) is 3.40. The average molecular weight is 328 g/mol. The maximum absolute atomic E-state index is 9.75. The second-order valence-corrected chi connectivity index (χ2v) is 8.46. The molecular weight excluding hydrogens is 296 g/mol. The fraction of sp³-hybridized carbons (Fsp3) is 0.714. The lowest BCUT2D eigenvalue weighted by Gasteiger charge is -2.46. The van der Waals surface area contributed by atoms with Crippen LogP contribution in [-0.2, 0) is 0 Å². The number of benzene rings is 1. The van der Waals surface area contributed by atoms with Crippen molar-refractivity contribution in [1.29, 1.82) is 0 Å². The van der Waals surface area contributed by atoms with Crippen LogP contribution in [0.5, 0.6) is 0 Å². The molecule has 4 rings (SSSR count). The molecule has 3 heteroatoms. The quantitative estimate of drug-likeness (QED) is 0.794. The van der Waals surface area contributed by atoms with Crippen LogP contribution < -0.4 is 10.6 Å². The number of piperidine rings is 1. The van der Waals surface area contributed by atoms with E-state index >= 15 is 0 Å². The third kappa shape index (κ3) is 3.54. The summed E-state index contributed by atoms with van der Waals surface area (Å²) in [6.07, 6.45) is 9.99. The summed E-state index contributed by atoms with van der Waals surface area (Å²) in [6.45, 7) is 2.43. The average Bonchev–Trinajstić information content (AvgIpc) is 2.61. The summed E-state index contributed by atoms with van der Waals surface area (Å²) in [7, 11) is 0. The molecule has 1 saturated heterocycles. The summed E-state index contributed by atoms with van der Waals surface area (Å²) in [5, 5.41) is 17.3. The zero-order chi connectivity index (χ0) is 16.4. The van der Waals surface area contributed by atoms with Gasteiger partial charge in [0.05, 0.1) is 6.10 Å². The van der Waals surface area contributed by atoms with Crippen LogP contribution >= 0.6 is 0 Å². The van der Waals surface area contributed by atoms with Gasteiger partial charge in [0, 0.05) is 12.1 Å². The van der Waals surface area contributed by atoms with Crippen molar-refractivity contribution >= 4 is 0 Å². The molecule has 1 atom stereocenters. The van der Waals surface area contributed by atoms with Gasteiger partial charge in [-0.2, -0.15) is 0 Å². The monoisotopic (exact) mass is 328 g/mol. The Balaban J connectivity index is 1.38. The van der Waals surface area contributed by atoms with Gasteiger partial charge < -0.3 is 15.7 Å². The van der Waals surface area contributed by atoms with Gasteiger partial charge in [0.1, 0.15) is 0 Å². The molecule has 3 aliphatic rings. The summed E-state index contributed by atoms with van der Waals surface area (Å²) in [6, 6.07) is 11.9. The van der Waals surface area contributed by atoms with E-state index in [9.17, 15) is 5.11 Å². The smallest absolute Gasteiger partial charge is 0.0547 e. The highest BCUT2D eigenvalue weighted by molar-refractivity contribution is 5.21. The maximum atomic E-state index is 9.75. The first kappa shape index (κ1) is 16.6. The standard InChI is InChI=1S/C21H32N2O/c24-19-14-17(15-19)20(16-4-2-1-3-5-16)23-18-6-8-21(9-7-18)10-12-22-13-11-21/h1-5,17-20,22-24H,6-15H2/t17?,19?,20-/m0/s1. The summed E-state index contributed by atoms with van der Waals surface area (Å²) in [5.41, 5.74) is 2.04. The first-order valence-corrected chi connectivity index (χ1v) is 9.94. The third-order valence-electron chi connectivity index (χ3n) is 6.91. The Morgan fingerprint density at radius 3 is 2.29 bits per heavy atom. The summed E-state index contributed by atoms with van der Waals surface area (Å²) in [5.74, 6) is 0.595. The molecule has 3 fully saturated rings. The predicted molar refractivity (Wildman–Crippen MR) is 97.8 cm³/mol. The molecule has 0 radical (unpaired) electrons. The first-order chi connectivity index (χ1) is 11.7. The van der Waals surface area contributed by atoms with Gasteiger partial charge in [-0.05, 0) is 81.4 Å². The van der Waals surface area contributed by atoms with Crippen LogP contribution in [0.25, 0.3) is 0 Å². The van der Waals surface area contributed by atoms with Gasteiger partial charge >= 0.3 is 0 Å². The Hall–Kier alpha value is -0.900. The van der Waals surface area contributed by atoms with Crippen molar-refractivity contribution in [3.05, 3.63) is 35.9 Å². The van der Waals surface area contributed by atoms with E-state index in [2.05, 4.69) is 41.0 Å². The molecule has 0 unspecified atom stereocenters. The van der Waals surface area contributed by atoms with E-state index in [-0.39, 0.29) is 6.10 Å². The van der Waals surface area contributed by atoms with Crippen LogP contribution in [0.15, 0.2) is 30.3 Å². The van der Waals surface area contributed by atoms with Crippen LogP contribution in [0.4, 0.5) is 0 Å². The molecular formula is C21H32N2O. The highest BCUT2D eigenvalue weighted by Gasteiger charge is 2.39. The minimum Gasteiger partial charge on any atom is -0.393 e. The summed E-state index contributed by atoms with van der Waals surface area (Å²) >= 11 is 0. The highest BCUT2D eigenvalue weighted by atomic mass is 16.3. The number of aliphatic hydroxyl groups is 1. The summed E-state index contributed by atoms with van der Waals surface area (Å²) in [4.78, 5) is 0. The number of nitrogens with one attached hydrogen (secondary N) is 2. The van der Waals surface area contributed by atoms with Gasteiger partial charge in [-0.1, -0.05) is 30.3 Å². The molecule has 0 bridgehead atoms. The van der Waals surface area contributed by atoms with Crippen molar-refractivity contribution in [1.82, 2.24) is 10.6 Å². The Kier molecular flexibility index (Phi) is 4.93. The van der Waals surface area contributed by atoms with Gasteiger partial charge in [-0.25, -0.2) is 0 Å². The number of aliphatic hydroxyl groups excluding tert-OH is 1. The molecule has 24 heavy (non-hydrogen) atoms. The van der Waals surface area contributed by atoms with E-state index in [1.165, 1.54) is 57.2 Å². The third-order valence-corrected chi connectivity index (χ3v) is 6.91. The van der Waals surface area contributed by atoms with E-state index in [4.69, 9.17) is 0 Å². The number of hydrogen-bond acceptors (Lipinski definition) is 3. The SMILES string of the molecule is OC1CC([C@@H](NC2CCC3(CCNCC3)CC2)c2ccccc2)C1. The molecule has 2 aliphatic carbocycles. The molecule has 0 aromatic heterocycles. The molecule has 1 spiro atoms. The van der Waals surface area contributed by atoms with Gasteiger partial charge in [0.2, 0.25) is 0 Å². The molecule has 3 nitrogen and oxygen atoms in total. The Morgan fingerprint density at radius 1 is 1.00 bits per heavy atom. The Morgan fingerprint density at radius 2 is 1.67 bits per heavy atom. The normalized spacial score (nSPS) is 31.5. The first-order valence-electron chi connectivity index (χ1n) is 9.94. The van der Waals surface area contributed by atoms with E-state index < -0.39 is 0 Å². The fourth-order valence-electron chi connectivity index (χ4n) is 5.17. The van der Waals surface area contributed by atoms with Crippen LogP contribution in [0.3, 0.4) is 0 Å². The molecule has 2 saturated carbocycles. The van der Waals surface area contributed by atoms with Crippen LogP contribution in [0.2, 0.25) is 0 Å². The zero-order valence-electron chi connectivity index (χ0n) is 14.7. The van der Waals surface area contributed by atoms with E-state index in [1.54, 1.807) is 0 Å². The van der Waals surface area contributed by atoms with Crippen molar-refractivity contribution in [2.24, 2.45) is 11.3 Å². The Labute approximate surface area is 146 Å². The molecule has 0 amide bonds. The van der Waals surface area contributed by atoms with Crippen molar-refractivity contribution < 1.29 is 5.11 Å². The van der Waals surface area contributed by atoms with Gasteiger partial charge in [0.15, 0.2) is 0 Å².